The summed E-state index contributed by atoms with van der Waals surface area (Å²) >= 11 is 0. The van der Waals surface area contributed by atoms with Crippen molar-refractivity contribution in [3.8, 4) is 11.5 Å². The third-order valence-electron chi connectivity index (χ3n) is 3.47. The maximum absolute atomic E-state index is 12.8. The van der Waals surface area contributed by atoms with Crippen molar-refractivity contribution in [2.24, 2.45) is 11.1 Å². The highest BCUT2D eigenvalue weighted by Gasteiger charge is 2.26. The fourth-order valence-corrected chi connectivity index (χ4v) is 2.13. The third-order valence-corrected chi connectivity index (χ3v) is 3.47. The number of amides is 1. The highest BCUT2D eigenvalue weighted by Crippen LogP contribution is 2.32. The standard InChI is InChI=1S/C16H26N2O3/c1-6-18(11-16(2,3)10-17)15(19)12-8-7-9-13(20-4)14(12)21-5/h7-9H,6,10-11,17H2,1-5H3. The van der Waals surface area contributed by atoms with Crippen molar-refractivity contribution in [3.63, 3.8) is 0 Å². The van der Waals surface area contributed by atoms with Gasteiger partial charge in [-0.15, -0.1) is 0 Å². The van der Waals surface area contributed by atoms with Crippen LogP contribution in [0.3, 0.4) is 0 Å². The molecule has 5 heteroatoms. The SMILES string of the molecule is CCN(CC(C)(C)CN)C(=O)c1cccc(OC)c1OC. The molecule has 0 aromatic heterocycles. The molecule has 0 radical (unpaired) electrons. The summed E-state index contributed by atoms with van der Waals surface area (Å²) in [6, 6.07) is 5.31. The Bertz CT molecular complexity index is 486. The van der Waals surface area contributed by atoms with E-state index in [-0.39, 0.29) is 11.3 Å². The Morgan fingerprint density at radius 3 is 2.43 bits per heavy atom. The Morgan fingerprint density at radius 1 is 1.29 bits per heavy atom. The molecule has 0 heterocycles. The van der Waals surface area contributed by atoms with E-state index in [9.17, 15) is 4.79 Å². The first-order chi connectivity index (χ1) is 9.90. The molecule has 0 aliphatic heterocycles. The van der Waals surface area contributed by atoms with Crippen LogP contribution in [0.25, 0.3) is 0 Å². The lowest BCUT2D eigenvalue weighted by atomic mass is 9.92. The Balaban J connectivity index is 3.11. The van der Waals surface area contributed by atoms with E-state index in [0.29, 0.717) is 36.7 Å². The second kappa shape index (κ2) is 7.31. The number of hydrogen-bond donors (Lipinski definition) is 1. The summed E-state index contributed by atoms with van der Waals surface area (Å²) in [7, 11) is 3.09. The third kappa shape index (κ3) is 4.11. The van der Waals surface area contributed by atoms with Crippen LogP contribution in [0.4, 0.5) is 0 Å². The summed E-state index contributed by atoms with van der Waals surface area (Å²) in [5.41, 5.74) is 6.15. The normalized spacial score (nSPS) is 11.1. The van der Waals surface area contributed by atoms with E-state index in [4.69, 9.17) is 15.2 Å². The Hall–Kier alpha value is -1.75. The highest BCUT2D eigenvalue weighted by atomic mass is 16.5. The number of ether oxygens (including phenoxy) is 2. The number of carbonyl (C=O) groups excluding carboxylic acids is 1. The molecule has 0 aliphatic carbocycles. The number of rotatable bonds is 7. The van der Waals surface area contributed by atoms with E-state index in [1.54, 1.807) is 30.2 Å². The molecule has 1 aromatic carbocycles. The van der Waals surface area contributed by atoms with Crippen LogP contribution < -0.4 is 15.2 Å². The molecule has 118 valence electrons. The van der Waals surface area contributed by atoms with Crippen molar-refractivity contribution < 1.29 is 14.3 Å². The van der Waals surface area contributed by atoms with E-state index < -0.39 is 0 Å². The second-order valence-electron chi connectivity index (χ2n) is 5.73. The van der Waals surface area contributed by atoms with E-state index in [2.05, 4.69) is 0 Å². The molecule has 0 aliphatic rings. The number of benzene rings is 1. The molecular weight excluding hydrogens is 268 g/mol. The topological polar surface area (TPSA) is 64.8 Å². The summed E-state index contributed by atoms with van der Waals surface area (Å²) in [5, 5.41) is 0. The highest BCUT2D eigenvalue weighted by molar-refractivity contribution is 5.97. The lowest BCUT2D eigenvalue weighted by molar-refractivity contribution is 0.0697. The number of nitrogens with zero attached hydrogens (tertiary/aromatic N) is 1. The molecular formula is C16H26N2O3. The quantitative estimate of drug-likeness (QED) is 0.837. The second-order valence-corrected chi connectivity index (χ2v) is 5.73. The van der Waals surface area contributed by atoms with E-state index >= 15 is 0 Å². The fourth-order valence-electron chi connectivity index (χ4n) is 2.13. The van der Waals surface area contributed by atoms with E-state index in [0.717, 1.165) is 0 Å². The minimum atomic E-state index is -0.127. The fraction of sp³-hybridized carbons (Fsp3) is 0.562. The maximum atomic E-state index is 12.8. The Labute approximate surface area is 127 Å². The van der Waals surface area contributed by atoms with Crippen molar-refractivity contribution in [1.82, 2.24) is 4.90 Å². The molecule has 5 nitrogen and oxygen atoms in total. The summed E-state index contributed by atoms with van der Waals surface area (Å²) < 4.78 is 10.6. The van der Waals surface area contributed by atoms with Gasteiger partial charge >= 0.3 is 0 Å². The van der Waals surface area contributed by atoms with Gasteiger partial charge in [-0.3, -0.25) is 4.79 Å². The molecule has 0 fully saturated rings. The summed E-state index contributed by atoms with van der Waals surface area (Å²) in [5.74, 6) is 0.946. The summed E-state index contributed by atoms with van der Waals surface area (Å²) in [6.45, 7) is 7.78. The number of hydrogen-bond acceptors (Lipinski definition) is 4. The van der Waals surface area contributed by atoms with Crippen molar-refractivity contribution in [2.75, 3.05) is 33.9 Å². The van der Waals surface area contributed by atoms with Gasteiger partial charge in [0.1, 0.15) is 0 Å². The van der Waals surface area contributed by atoms with E-state index in [1.807, 2.05) is 20.8 Å². The summed E-state index contributed by atoms with van der Waals surface area (Å²) in [4.78, 5) is 14.5. The number of methoxy groups -OCH3 is 2. The van der Waals surface area contributed by atoms with Crippen molar-refractivity contribution in [3.05, 3.63) is 23.8 Å². The molecule has 1 amide bonds. The van der Waals surface area contributed by atoms with Gasteiger partial charge in [-0.05, 0) is 31.0 Å². The molecule has 1 aromatic rings. The van der Waals surface area contributed by atoms with Crippen molar-refractivity contribution >= 4 is 5.91 Å². The monoisotopic (exact) mass is 294 g/mol. The van der Waals surface area contributed by atoms with Crippen LogP contribution in [0.1, 0.15) is 31.1 Å². The molecule has 21 heavy (non-hydrogen) atoms. The maximum Gasteiger partial charge on any atom is 0.257 e. The zero-order chi connectivity index (χ0) is 16.0. The van der Waals surface area contributed by atoms with Gasteiger partial charge in [0, 0.05) is 13.1 Å². The predicted molar refractivity (Wildman–Crippen MR) is 84.0 cm³/mol. The van der Waals surface area contributed by atoms with Crippen LogP contribution in [0.15, 0.2) is 18.2 Å². The number of para-hydroxylation sites is 1. The van der Waals surface area contributed by atoms with Gasteiger partial charge in [0.2, 0.25) is 0 Å². The van der Waals surface area contributed by atoms with Gasteiger partial charge < -0.3 is 20.1 Å². The van der Waals surface area contributed by atoms with Gasteiger partial charge in [0.25, 0.3) is 5.91 Å². The lowest BCUT2D eigenvalue weighted by Crippen LogP contribution is -2.42. The van der Waals surface area contributed by atoms with Gasteiger partial charge in [-0.1, -0.05) is 19.9 Å². The average Bonchev–Trinajstić information content (AvgIpc) is 2.50. The largest absolute Gasteiger partial charge is 0.493 e. The van der Waals surface area contributed by atoms with Gasteiger partial charge in [-0.2, -0.15) is 0 Å². The van der Waals surface area contributed by atoms with Crippen LogP contribution in [0, 0.1) is 5.41 Å². The minimum Gasteiger partial charge on any atom is -0.493 e. The first-order valence-corrected chi connectivity index (χ1v) is 7.10. The average molecular weight is 294 g/mol. The first kappa shape index (κ1) is 17.3. The molecule has 1 rings (SSSR count). The van der Waals surface area contributed by atoms with Crippen LogP contribution in [-0.2, 0) is 0 Å². The van der Waals surface area contributed by atoms with Gasteiger partial charge in [0.15, 0.2) is 11.5 Å². The lowest BCUT2D eigenvalue weighted by Gasteiger charge is -2.31. The van der Waals surface area contributed by atoms with Crippen LogP contribution in [-0.4, -0.2) is 44.7 Å². The molecule has 0 bridgehead atoms. The first-order valence-electron chi connectivity index (χ1n) is 7.10. The van der Waals surface area contributed by atoms with Crippen molar-refractivity contribution in [1.29, 1.82) is 0 Å². The summed E-state index contributed by atoms with van der Waals surface area (Å²) in [6.07, 6.45) is 0. The van der Waals surface area contributed by atoms with Crippen LogP contribution in [0.2, 0.25) is 0 Å². The Kier molecular flexibility index (Phi) is 6.03. The minimum absolute atomic E-state index is 0.0743. The molecule has 0 saturated carbocycles. The number of carbonyl (C=O) groups is 1. The predicted octanol–water partition coefficient (Wildman–Crippen LogP) is 2.15. The Morgan fingerprint density at radius 2 is 1.95 bits per heavy atom. The number of nitrogens with two attached hydrogens (primary N) is 1. The molecule has 0 spiro atoms. The van der Waals surface area contributed by atoms with Crippen molar-refractivity contribution in [2.45, 2.75) is 20.8 Å². The van der Waals surface area contributed by atoms with Crippen LogP contribution in [0.5, 0.6) is 11.5 Å². The zero-order valence-electron chi connectivity index (χ0n) is 13.6. The van der Waals surface area contributed by atoms with Crippen LogP contribution >= 0.6 is 0 Å². The smallest absolute Gasteiger partial charge is 0.257 e. The molecule has 0 unspecified atom stereocenters. The zero-order valence-corrected chi connectivity index (χ0v) is 13.6. The van der Waals surface area contributed by atoms with Gasteiger partial charge in [0.05, 0.1) is 19.8 Å². The van der Waals surface area contributed by atoms with Gasteiger partial charge in [-0.25, -0.2) is 0 Å². The van der Waals surface area contributed by atoms with E-state index in [1.165, 1.54) is 7.11 Å². The molecule has 2 N–H and O–H groups in total. The molecule has 0 saturated heterocycles. The molecule has 0 atom stereocenters.